The molecule has 2 aliphatic rings. The van der Waals surface area contributed by atoms with E-state index < -0.39 is 0 Å². The summed E-state index contributed by atoms with van der Waals surface area (Å²) in [7, 11) is 1.27. The standard InChI is InChI=1S/C17H14NP/c1-2-6-13(5-1)16-11-17(18-9-10-19-12-18)15-8-4-3-7-14(15)16/h1,3-12,16H,2H2. The highest BCUT2D eigenvalue weighted by Gasteiger charge is 2.26. The monoisotopic (exact) mass is 263 g/mol. The Labute approximate surface area is 114 Å². The fraction of sp³-hybridized carbons (Fsp3) is 0.118. The Morgan fingerprint density at radius 3 is 2.95 bits per heavy atom. The van der Waals surface area contributed by atoms with Crippen LogP contribution in [0.3, 0.4) is 0 Å². The van der Waals surface area contributed by atoms with E-state index in [-0.39, 0.29) is 0 Å². The van der Waals surface area contributed by atoms with Crippen molar-refractivity contribution in [3.05, 3.63) is 83.2 Å². The second-order valence-corrected chi connectivity index (χ2v) is 5.76. The fourth-order valence-electron chi connectivity index (χ4n) is 2.95. The lowest BCUT2D eigenvalue weighted by molar-refractivity contribution is 1.05. The van der Waals surface area contributed by atoms with Crippen LogP contribution in [0.5, 0.6) is 0 Å². The third kappa shape index (κ3) is 1.74. The molecule has 92 valence electrons. The molecule has 0 radical (unpaired) electrons. The van der Waals surface area contributed by atoms with Crippen LogP contribution in [0.2, 0.25) is 0 Å². The van der Waals surface area contributed by atoms with Crippen molar-refractivity contribution in [1.29, 1.82) is 0 Å². The molecule has 0 saturated carbocycles. The third-order valence-corrected chi connectivity index (χ3v) is 4.53. The summed E-state index contributed by atoms with van der Waals surface area (Å²) < 4.78 is 2.25. The van der Waals surface area contributed by atoms with Gasteiger partial charge >= 0.3 is 0 Å². The predicted octanol–water partition coefficient (Wildman–Crippen LogP) is 4.94. The summed E-state index contributed by atoms with van der Waals surface area (Å²) >= 11 is 0. The molecular formula is C17H14NP. The highest BCUT2D eigenvalue weighted by Crippen LogP contribution is 2.42. The topological polar surface area (TPSA) is 4.93 Å². The second-order valence-electron chi connectivity index (χ2n) is 4.93. The van der Waals surface area contributed by atoms with E-state index in [2.05, 4.69) is 71.1 Å². The van der Waals surface area contributed by atoms with E-state index in [1.54, 1.807) is 0 Å². The molecule has 19 heavy (non-hydrogen) atoms. The normalized spacial score (nSPS) is 20.7. The first-order chi connectivity index (χ1) is 9.43. The molecule has 0 spiro atoms. The van der Waals surface area contributed by atoms with E-state index in [9.17, 15) is 0 Å². The highest BCUT2D eigenvalue weighted by molar-refractivity contribution is 7.28. The quantitative estimate of drug-likeness (QED) is 0.723. The largest absolute Gasteiger partial charge is 0.319 e. The number of nitrogens with zero attached hydrogens (tertiary/aromatic N) is 1. The number of aromatic nitrogens is 1. The van der Waals surface area contributed by atoms with Crippen LogP contribution in [0.15, 0.2) is 72.1 Å². The van der Waals surface area contributed by atoms with Crippen LogP contribution in [0, 0.1) is 0 Å². The minimum absolute atomic E-state index is 0.420. The summed E-state index contributed by atoms with van der Waals surface area (Å²) in [5, 5.41) is 0. The lowest BCUT2D eigenvalue weighted by atomic mass is 9.94. The lowest BCUT2D eigenvalue weighted by Crippen LogP contribution is -1.95. The summed E-state index contributed by atoms with van der Waals surface area (Å²) in [4.78, 5) is 0. The van der Waals surface area contributed by atoms with E-state index in [1.165, 1.54) is 30.6 Å². The first kappa shape index (κ1) is 11.0. The number of fused-ring (bicyclic) bond motifs is 1. The molecule has 2 heteroatoms. The van der Waals surface area contributed by atoms with Crippen LogP contribution < -0.4 is 0 Å². The van der Waals surface area contributed by atoms with Gasteiger partial charge in [0.2, 0.25) is 0 Å². The van der Waals surface area contributed by atoms with Crippen molar-refractivity contribution in [3.63, 3.8) is 0 Å². The molecule has 1 unspecified atom stereocenters. The molecular weight excluding hydrogens is 249 g/mol. The zero-order valence-corrected chi connectivity index (χ0v) is 11.4. The van der Waals surface area contributed by atoms with Gasteiger partial charge in [0.05, 0.1) is 0 Å². The van der Waals surface area contributed by atoms with Gasteiger partial charge in [-0.15, -0.1) is 0 Å². The molecule has 1 aromatic carbocycles. The molecule has 0 amide bonds. The van der Waals surface area contributed by atoms with Crippen molar-refractivity contribution in [3.8, 4) is 0 Å². The SMILES string of the molecule is C1=CC(C2C=C(n3ccpc3)c3ccccc32)=CC1. The first-order valence-electron chi connectivity index (χ1n) is 6.59. The van der Waals surface area contributed by atoms with Crippen LogP contribution in [-0.2, 0) is 0 Å². The number of rotatable bonds is 2. The average Bonchev–Trinajstić information content (AvgIpc) is 3.18. The number of hydrogen-bond donors (Lipinski definition) is 0. The number of hydrogen-bond acceptors (Lipinski definition) is 0. The van der Waals surface area contributed by atoms with Gasteiger partial charge in [0.1, 0.15) is 0 Å². The van der Waals surface area contributed by atoms with Gasteiger partial charge in [0.25, 0.3) is 0 Å². The van der Waals surface area contributed by atoms with E-state index in [0.29, 0.717) is 5.92 Å². The summed E-state index contributed by atoms with van der Waals surface area (Å²) in [6, 6.07) is 8.76. The molecule has 1 heterocycles. The third-order valence-electron chi connectivity index (χ3n) is 3.84. The Kier molecular flexibility index (Phi) is 2.53. The Bertz CT molecular complexity index is 705. The maximum absolute atomic E-state index is 2.40. The van der Waals surface area contributed by atoms with Crippen molar-refractivity contribution in [2.75, 3.05) is 0 Å². The maximum atomic E-state index is 2.40. The summed E-state index contributed by atoms with van der Waals surface area (Å²) in [6.45, 7) is 0. The minimum atomic E-state index is 0.420. The molecule has 0 saturated heterocycles. The molecule has 2 aromatic rings. The molecule has 1 nitrogen and oxygen atoms in total. The van der Waals surface area contributed by atoms with E-state index in [4.69, 9.17) is 0 Å². The van der Waals surface area contributed by atoms with Crippen molar-refractivity contribution < 1.29 is 0 Å². The predicted molar refractivity (Wildman–Crippen MR) is 81.3 cm³/mol. The Balaban J connectivity index is 1.88. The molecule has 0 fully saturated rings. The van der Waals surface area contributed by atoms with Gasteiger partial charge in [-0.25, -0.2) is 0 Å². The van der Waals surface area contributed by atoms with Gasteiger partial charge in [0.15, 0.2) is 0 Å². The van der Waals surface area contributed by atoms with Gasteiger partial charge in [-0.1, -0.05) is 50.7 Å². The second kappa shape index (κ2) is 4.36. The molecule has 1 atom stereocenters. The molecule has 0 aliphatic heterocycles. The van der Waals surface area contributed by atoms with Gasteiger partial charge < -0.3 is 4.57 Å². The summed E-state index contributed by atoms with van der Waals surface area (Å²) in [6.07, 6.45) is 12.5. The van der Waals surface area contributed by atoms with Crippen LogP contribution in [0.1, 0.15) is 23.5 Å². The van der Waals surface area contributed by atoms with Crippen molar-refractivity contribution >= 4 is 13.9 Å². The van der Waals surface area contributed by atoms with Crippen LogP contribution in [0.4, 0.5) is 0 Å². The van der Waals surface area contributed by atoms with Crippen LogP contribution in [-0.4, -0.2) is 4.57 Å². The van der Waals surface area contributed by atoms with E-state index >= 15 is 0 Å². The minimum Gasteiger partial charge on any atom is -0.319 e. The summed E-state index contributed by atoms with van der Waals surface area (Å²) in [5.41, 5.74) is 5.55. The van der Waals surface area contributed by atoms with Gasteiger partial charge in [0, 0.05) is 29.3 Å². The van der Waals surface area contributed by atoms with Gasteiger partial charge in [-0.05, 0) is 29.4 Å². The van der Waals surface area contributed by atoms with Crippen LogP contribution in [0.25, 0.3) is 5.70 Å². The lowest BCUT2D eigenvalue weighted by Gasteiger charge is -2.10. The molecule has 0 N–H and O–H groups in total. The van der Waals surface area contributed by atoms with Gasteiger partial charge in [-0.3, -0.25) is 0 Å². The Morgan fingerprint density at radius 1 is 1.21 bits per heavy atom. The first-order valence-corrected chi connectivity index (χ1v) is 7.63. The van der Waals surface area contributed by atoms with Gasteiger partial charge in [-0.2, -0.15) is 0 Å². The summed E-state index contributed by atoms with van der Waals surface area (Å²) in [5.74, 6) is 4.80. The molecule has 2 aliphatic carbocycles. The Morgan fingerprint density at radius 2 is 2.16 bits per heavy atom. The Hall–Kier alpha value is -1.85. The molecule has 4 rings (SSSR count). The number of benzene rings is 1. The number of allylic oxidation sites excluding steroid dienone is 5. The van der Waals surface area contributed by atoms with Crippen molar-refractivity contribution in [1.82, 2.24) is 4.57 Å². The highest BCUT2D eigenvalue weighted by atomic mass is 31.0. The molecule has 1 aromatic heterocycles. The smallest absolute Gasteiger partial charge is 0.0498 e. The zero-order valence-electron chi connectivity index (χ0n) is 10.5. The molecule has 0 bridgehead atoms. The van der Waals surface area contributed by atoms with E-state index in [1.807, 2.05) is 0 Å². The fourth-order valence-corrected chi connectivity index (χ4v) is 3.59. The zero-order chi connectivity index (χ0) is 12.7. The maximum Gasteiger partial charge on any atom is 0.0498 e. The van der Waals surface area contributed by atoms with Crippen molar-refractivity contribution in [2.24, 2.45) is 0 Å². The van der Waals surface area contributed by atoms with Crippen LogP contribution >= 0.6 is 8.19 Å². The average molecular weight is 263 g/mol. The van der Waals surface area contributed by atoms with E-state index in [0.717, 1.165) is 6.42 Å². The van der Waals surface area contributed by atoms with Crippen molar-refractivity contribution in [2.45, 2.75) is 12.3 Å².